The fraction of sp³-hybridized carbons (Fsp3) is 0.182. The first-order chi connectivity index (χ1) is 8.01. The standard InChI is InChI=1S/C11H10FNO3S/c1-8-6-13-11(17(8,14)15)7-16-10-5-3-2-4-9(10)12/h2-6H,7H2,1H3. The van der Waals surface area contributed by atoms with Crippen molar-refractivity contribution in [2.45, 2.75) is 6.92 Å². The number of aliphatic imine (C=N–C) groups is 1. The molecule has 1 aromatic rings. The van der Waals surface area contributed by atoms with Crippen LogP contribution in [0, 0.1) is 5.82 Å². The van der Waals surface area contributed by atoms with E-state index in [1.165, 1.54) is 31.3 Å². The lowest BCUT2D eigenvalue weighted by Gasteiger charge is -2.06. The van der Waals surface area contributed by atoms with Gasteiger partial charge >= 0.3 is 0 Å². The van der Waals surface area contributed by atoms with E-state index >= 15 is 0 Å². The first-order valence-corrected chi connectivity index (χ1v) is 6.36. The highest BCUT2D eigenvalue weighted by Crippen LogP contribution is 2.19. The highest BCUT2D eigenvalue weighted by Gasteiger charge is 2.26. The van der Waals surface area contributed by atoms with Gasteiger partial charge in [-0.25, -0.2) is 17.8 Å². The highest BCUT2D eigenvalue weighted by molar-refractivity contribution is 8.10. The quantitative estimate of drug-likeness (QED) is 0.828. The Morgan fingerprint density at radius 1 is 1.35 bits per heavy atom. The number of hydrogen-bond donors (Lipinski definition) is 0. The van der Waals surface area contributed by atoms with Gasteiger partial charge in [-0.3, -0.25) is 0 Å². The Labute approximate surface area is 98.4 Å². The molecule has 0 aromatic heterocycles. The predicted octanol–water partition coefficient (Wildman–Crippen LogP) is 1.89. The molecule has 0 N–H and O–H groups in total. The summed E-state index contributed by atoms with van der Waals surface area (Å²) in [5.74, 6) is -0.525. The maximum absolute atomic E-state index is 13.2. The average molecular weight is 255 g/mol. The van der Waals surface area contributed by atoms with Gasteiger partial charge in [0.1, 0.15) is 6.61 Å². The van der Waals surface area contributed by atoms with E-state index in [0.717, 1.165) is 0 Å². The molecule has 4 nitrogen and oxygen atoms in total. The fourth-order valence-corrected chi connectivity index (χ4v) is 2.27. The van der Waals surface area contributed by atoms with Gasteiger partial charge in [0.15, 0.2) is 16.6 Å². The summed E-state index contributed by atoms with van der Waals surface area (Å²) in [5.41, 5.74) is 0. The summed E-state index contributed by atoms with van der Waals surface area (Å²) >= 11 is 0. The molecule has 1 aromatic carbocycles. The van der Waals surface area contributed by atoms with Gasteiger partial charge in [0, 0.05) is 6.20 Å². The van der Waals surface area contributed by atoms with Crippen LogP contribution in [-0.2, 0) is 9.84 Å². The third-order valence-electron chi connectivity index (χ3n) is 2.31. The fourth-order valence-electron chi connectivity index (χ4n) is 1.30. The number of para-hydroxylation sites is 1. The van der Waals surface area contributed by atoms with Crippen molar-refractivity contribution in [1.82, 2.24) is 0 Å². The molecule has 0 radical (unpaired) electrons. The van der Waals surface area contributed by atoms with Crippen LogP contribution in [0.15, 0.2) is 40.4 Å². The number of hydrogen-bond acceptors (Lipinski definition) is 4. The van der Waals surface area contributed by atoms with Crippen molar-refractivity contribution in [2.24, 2.45) is 4.99 Å². The number of halogens is 1. The lowest BCUT2D eigenvalue weighted by Crippen LogP contribution is -2.20. The number of rotatable bonds is 3. The van der Waals surface area contributed by atoms with Gasteiger partial charge in [-0.1, -0.05) is 12.1 Å². The van der Waals surface area contributed by atoms with Crippen molar-refractivity contribution >= 4 is 14.9 Å². The molecule has 0 spiro atoms. The first kappa shape index (κ1) is 11.8. The summed E-state index contributed by atoms with van der Waals surface area (Å²) in [6.07, 6.45) is 1.26. The van der Waals surface area contributed by atoms with E-state index in [4.69, 9.17) is 4.74 Å². The molecule has 0 saturated heterocycles. The van der Waals surface area contributed by atoms with Gasteiger partial charge in [0.2, 0.25) is 9.84 Å². The van der Waals surface area contributed by atoms with Crippen LogP contribution in [0.1, 0.15) is 6.92 Å². The van der Waals surface area contributed by atoms with Crippen molar-refractivity contribution in [3.63, 3.8) is 0 Å². The van der Waals surface area contributed by atoms with E-state index in [9.17, 15) is 12.8 Å². The van der Waals surface area contributed by atoms with Crippen molar-refractivity contribution in [1.29, 1.82) is 0 Å². The van der Waals surface area contributed by atoms with Crippen LogP contribution in [0.5, 0.6) is 5.75 Å². The topological polar surface area (TPSA) is 55.7 Å². The number of allylic oxidation sites excluding steroid dienone is 1. The summed E-state index contributed by atoms with van der Waals surface area (Å²) in [5, 5.41) is -0.0988. The molecule has 0 unspecified atom stereocenters. The van der Waals surface area contributed by atoms with Crippen LogP contribution in [0.3, 0.4) is 0 Å². The number of benzene rings is 1. The summed E-state index contributed by atoms with van der Waals surface area (Å²) in [4.78, 5) is 3.90. The van der Waals surface area contributed by atoms with Gasteiger partial charge in [-0.2, -0.15) is 0 Å². The van der Waals surface area contributed by atoms with Gasteiger partial charge in [0.05, 0.1) is 4.91 Å². The van der Waals surface area contributed by atoms with Gasteiger partial charge < -0.3 is 4.74 Å². The molecule has 2 rings (SSSR count). The van der Waals surface area contributed by atoms with Gasteiger partial charge in [-0.15, -0.1) is 0 Å². The number of nitrogens with zero attached hydrogens (tertiary/aromatic N) is 1. The van der Waals surface area contributed by atoms with Crippen molar-refractivity contribution < 1.29 is 17.5 Å². The second kappa shape index (κ2) is 4.29. The minimum absolute atomic E-state index is 0.00922. The van der Waals surface area contributed by atoms with E-state index in [1.54, 1.807) is 6.07 Å². The Morgan fingerprint density at radius 3 is 2.65 bits per heavy atom. The van der Waals surface area contributed by atoms with Crippen molar-refractivity contribution in [3.05, 3.63) is 41.2 Å². The Bertz CT molecular complexity index is 605. The third kappa shape index (κ3) is 2.21. The van der Waals surface area contributed by atoms with E-state index in [1.807, 2.05) is 0 Å². The monoisotopic (exact) mass is 255 g/mol. The third-order valence-corrected chi connectivity index (χ3v) is 4.11. The lowest BCUT2D eigenvalue weighted by molar-refractivity contribution is 0.355. The molecular weight excluding hydrogens is 245 g/mol. The van der Waals surface area contributed by atoms with Crippen LogP contribution >= 0.6 is 0 Å². The summed E-state index contributed by atoms with van der Waals surface area (Å²) in [6.45, 7) is 1.19. The maximum Gasteiger partial charge on any atom is 0.220 e. The summed E-state index contributed by atoms with van der Waals surface area (Å²) in [7, 11) is -3.49. The van der Waals surface area contributed by atoms with Gasteiger partial charge in [0.25, 0.3) is 0 Å². The minimum atomic E-state index is -3.49. The van der Waals surface area contributed by atoms with Crippen LogP contribution in [0.25, 0.3) is 0 Å². The van der Waals surface area contributed by atoms with Gasteiger partial charge in [-0.05, 0) is 19.1 Å². The molecule has 1 aliphatic heterocycles. The second-order valence-corrected chi connectivity index (χ2v) is 5.61. The molecule has 6 heteroatoms. The molecule has 0 saturated carbocycles. The van der Waals surface area contributed by atoms with Crippen molar-refractivity contribution in [2.75, 3.05) is 6.61 Å². The van der Waals surface area contributed by atoms with E-state index in [0.29, 0.717) is 0 Å². The largest absolute Gasteiger partial charge is 0.483 e. The van der Waals surface area contributed by atoms with Crippen molar-refractivity contribution in [3.8, 4) is 5.75 Å². The zero-order chi connectivity index (χ0) is 12.5. The number of ether oxygens (including phenoxy) is 1. The van der Waals surface area contributed by atoms with E-state index < -0.39 is 15.7 Å². The van der Waals surface area contributed by atoms with Crippen LogP contribution in [0.4, 0.5) is 4.39 Å². The molecule has 1 heterocycles. The Balaban J connectivity index is 2.10. The molecular formula is C11H10FNO3S. The zero-order valence-corrected chi connectivity index (χ0v) is 9.87. The van der Waals surface area contributed by atoms with Crippen LogP contribution < -0.4 is 4.74 Å². The molecule has 0 amide bonds. The Morgan fingerprint density at radius 2 is 2.06 bits per heavy atom. The Hall–Kier alpha value is -1.69. The SMILES string of the molecule is CC1=CN=C(COc2ccccc2F)S1(=O)=O. The molecule has 1 aliphatic rings. The normalized spacial score (nSPS) is 17.5. The lowest BCUT2D eigenvalue weighted by atomic mass is 10.3. The van der Waals surface area contributed by atoms with Crippen LogP contribution in [-0.4, -0.2) is 20.1 Å². The van der Waals surface area contributed by atoms with E-state index in [-0.39, 0.29) is 22.3 Å². The molecule has 17 heavy (non-hydrogen) atoms. The zero-order valence-electron chi connectivity index (χ0n) is 9.05. The summed E-state index contributed by atoms with van der Waals surface area (Å²) < 4.78 is 41.5. The van der Waals surface area contributed by atoms with Crippen LogP contribution in [0.2, 0.25) is 0 Å². The molecule has 0 aliphatic carbocycles. The molecule has 0 atom stereocenters. The molecule has 0 fully saturated rings. The summed E-state index contributed by atoms with van der Waals surface area (Å²) in [6, 6.07) is 5.80. The molecule has 90 valence electrons. The molecule has 0 bridgehead atoms. The Kier molecular flexibility index (Phi) is 2.97. The second-order valence-electron chi connectivity index (χ2n) is 3.49. The van der Waals surface area contributed by atoms with E-state index in [2.05, 4.69) is 4.99 Å². The smallest absolute Gasteiger partial charge is 0.220 e. The highest BCUT2D eigenvalue weighted by atomic mass is 32.2. The maximum atomic E-state index is 13.2. The first-order valence-electron chi connectivity index (χ1n) is 4.87. The minimum Gasteiger partial charge on any atom is -0.483 e. The number of sulfone groups is 1. The predicted molar refractivity (Wildman–Crippen MR) is 62.0 cm³/mol. The average Bonchev–Trinajstić information content (AvgIpc) is 2.54.